The molecule has 0 saturated carbocycles. The van der Waals surface area contributed by atoms with E-state index in [1.54, 1.807) is 0 Å². The first-order valence-corrected chi connectivity index (χ1v) is 5.76. The molecule has 0 spiro atoms. The summed E-state index contributed by atoms with van der Waals surface area (Å²) in [4.78, 5) is 21.0. The van der Waals surface area contributed by atoms with Crippen LogP contribution in [0.4, 0.5) is 14.5 Å². The van der Waals surface area contributed by atoms with Gasteiger partial charge in [0.1, 0.15) is 5.82 Å². The van der Waals surface area contributed by atoms with Gasteiger partial charge in [-0.1, -0.05) is 12.1 Å². The van der Waals surface area contributed by atoms with E-state index in [9.17, 15) is 23.7 Å². The summed E-state index contributed by atoms with van der Waals surface area (Å²) in [6.07, 6.45) is 0. The Labute approximate surface area is 117 Å². The lowest BCUT2D eigenvalue weighted by atomic mass is 10.0. The average molecular weight is 293 g/mol. The fourth-order valence-electron chi connectivity index (χ4n) is 1.80. The zero-order valence-electron chi connectivity index (χ0n) is 10.8. The van der Waals surface area contributed by atoms with Crippen molar-refractivity contribution in [2.75, 3.05) is 7.11 Å². The van der Waals surface area contributed by atoms with Crippen LogP contribution in [0.3, 0.4) is 0 Å². The topological polar surface area (TPSA) is 69.4 Å². The van der Waals surface area contributed by atoms with E-state index >= 15 is 0 Å². The van der Waals surface area contributed by atoms with Crippen molar-refractivity contribution in [1.82, 2.24) is 0 Å². The number of rotatable bonds is 3. The van der Waals surface area contributed by atoms with Crippen LogP contribution in [-0.4, -0.2) is 18.0 Å². The second-order valence-electron chi connectivity index (χ2n) is 4.11. The standard InChI is InChI=1S/C14H9F2NO4/c1-21-14(18)9-4-2-8(3-5-9)10-6-13(17(19)20)12(16)7-11(10)15/h2-7H,1H3. The lowest BCUT2D eigenvalue weighted by Gasteiger charge is -2.05. The third kappa shape index (κ3) is 2.86. The Bertz CT molecular complexity index is 714. The number of halogens is 2. The average Bonchev–Trinajstić information content (AvgIpc) is 2.46. The highest BCUT2D eigenvalue weighted by molar-refractivity contribution is 5.90. The molecule has 0 bridgehead atoms. The Morgan fingerprint density at radius 2 is 1.76 bits per heavy atom. The highest BCUT2D eigenvalue weighted by Gasteiger charge is 2.19. The molecule has 0 heterocycles. The minimum Gasteiger partial charge on any atom is -0.465 e. The van der Waals surface area contributed by atoms with E-state index in [1.165, 1.54) is 31.4 Å². The zero-order valence-corrected chi connectivity index (χ0v) is 10.8. The van der Waals surface area contributed by atoms with Crippen molar-refractivity contribution in [3.05, 3.63) is 63.7 Å². The van der Waals surface area contributed by atoms with Crippen molar-refractivity contribution in [1.29, 1.82) is 0 Å². The molecule has 21 heavy (non-hydrogen) atoms. The predicted molar refractivity (Wildman–Crippen MR) is 69.8 cm³/mol. The number of hydrogen-bond donors (Lipinski definition) is 0. The van der Waals surface area contributed by atoms with Gasteiger partial charge in [0, 0.05) is 17.7 Å². The fraction of sp³-hybridized carbons (Fsp3) is 0.0714. The van der Waals surface area contributed by atoms with E-state index in [0.717, 1.165) is 6.07 Å². The smallest absolute Gasteiger partial charge is 0.337 e. The monoisotopic (exact) mass is 293 g/mol. The molecule has 2 aromatic carbocycles. The first-order valence-electron chi connectivity index (χ1n) is 5.76. The maximum absolute atomic E-state index is 13.8. The molecule has 108 valence electrons. The van der Waals surface area contributed by atoms with E-state index in [-0.39, 0.29) is 16.7 Å². The highest BCUT2D eigenvalue weighted by Crippen LogP contribution is 2.29. The lowest BCUT2D eigenvalue weighted by molar-refractivity contribution is -0.387. The Kier molecular flexibility index (Phi) is 3.93. The minimum atomic E-state index is -1.24. The molecular weight excluding hydrogens is 284 g/mol. The van der Waals surface area contributed by atoms with Crippen LogP contribution in [-0.2, 0) is 4.74 Å². The molecule has 0 atom stereocenters. The first kappa shape index (κ1) is 14.6. The van der Waals surface area contributed by atoms with Gasteiger partial charge in [-0.2, -0.15) is 4.39 Å². The molecule has 0 saturated heterocycles. The summed E-state index contributed by atoms with van der Waals surface area (Å²) in [6, 6.07) is 6.84. The van der Waals surface area contributed by atoms with Gasteiger partial charge in [-0.3, -0.25) is 10.1 Å². The summed E-state index contributed by atoms with van der Waals surface area (Å²) >= 11 is 0. The van der Waals surface area contributed by atoms with Crippen molar-refractivity contribution >= 4 is 11.7 Å². The lowest BCUT2D eigenvalue weighted by Crippen LogP contribution is -2.00. The van der Waals surface area contributed by atoms with Crippen LogP contribution in [0.5, 0.6) is 0 Å². The normalized spacial score (nSPS) is 10.2. The number of methoxy groups -OCH3 is 1. The maximum Gasteiger partial charge on any atom is 0.337 e. The number of ether oxygens (including phenoxy) is 1. The molecule has 0 aliphatic heterocycles. The molecule has 0 fully saturated rings. The van der Waals surface area contributed by atoms with Gasteiger partial charge in [0.25, 0.3) is 0 Å². The Hall–Kier alpha value is -2.83. The molecule has 7 heteroatoms. The molecule has 0 radical (unpaired) electrons. The second-order valence-corrected chi connectivity index (χ2v) is 4.11. The van der Waals surface area contributed by atoms with Gasteiger partial charge in [0.05, 0.1) is 17.6 Å². The van der Waals surface area contributed by atoms with Gasteiger partial charge in [-0.05, 0) is 17.7 Å². The van der Waals surface area contributed by atoms with E-state index in [1.807, 2.05) is 0 Å². The van der Waals surface area contributed by atoms with E-state index in [4.69, 9.17) is 0 Å². The number of carbonyl (C=O) groups excluding carboxylic acids is 1. The molecule has 0 aliphatic carbocycles. The maximum atomic E-state index is 13.8. The summed E-state index contributed by atoms with van der Waals surface area (Å²) in [6.45, 7) is 0. The molecular formula is C14H9F2NO4. The number of benzene rings is 2. The van der Waals surface area contributed by atoms with Crippen LogP contribution in [0.15, 0.2) is 36.4 Å². The summed E-state index contributed by atoms with van der Waals surface area (Å²) in [5, 5.41) is 10.7. The van der Waals surface area contributed by atoms with Crippen LogP contribution in [0.1, 0.15) is 10.4 Å². The first-order chi connectivity index (χ1) is 9.93. The minimum absolute atomic E-state index is 0.125. The van der Waals surface area contributed by atoms with Gasteiger partial charge >= 0.3 is 11.7 Å². The zero-order chi connectivity index (χ0) is 15.6. The van der Waals surface area contributed by atoms with Gasteiger partial charge in [-0.25, -0.2) is 9.18 Å². The molecule has 5 nitrogen and oxygen atoms in total. The third-order valence-corrected chi connectivity index (χ3v) is 2.85. The number of esters is 1. The number of nitrogens with zero attached hydrogens (tertiary/aromatic N) is 1. The Morgan fingerprint density at radius 1 is 1.14 bits per heavy atom. The summed E-state index contributed by atoms with van der Waals surface area (Å²) < 4.78 is 31.5. The molecule has 0 aromatic heterocycles. The van der Waals surface area contributed by atoms with Gasteiger partial charge in [-0.15, -0.1) is 0 Å². The molecule has 2 aromatic rings. The van der Waals surface area contributed by atoms with Crippen molar-refractivity contribution in [3.63, 3.8) is 0 Å². The van der Waals surface area contributed by atoms with Crippen molar-refractivity contribution in [3.8, 4) is 11.1 Å². The highest BCUT2D eigenvalue weighted by atomic mass is 19.1. The molecule has 0 aliphatic rings. The number of hydrogen-bond acceptors (Lipinski definition) is 4. The number of nitro groups is 1. The van der Waals surface area contributed by atoms with E-state index in [0.29, 0.717) is 6.07 Å². The van der Waals surface area contributed by atoms with E-state index in [2.05, 4.69) is 4.74 Å². The Morgan fingerprint density at radius 3 is 2.29 bits per heavy atom. The summed E-state index contributed by atoms with van der Waals surface area (Å²) in [5.41, 5.74) is -0.413. The predicted octanol–water partition coefficient (Wildman–Crippen LogP) is 3.33. The van der Waals surface area contributed by atoms with Crippen molar-refractivity contribution < 1.29 is 23.2 Å². The SMILES string of the molecule is COC(=O)c1ccc(-c2cc([N+](=O)[O-])c(F)cc2F)cc1. The van der Waals surface area contributed by atoms with Crippen LogP contribution in [0.2, 0.25) is 0 Å². The summed E-state index contributed by atoms with van der Waals surface area (Å²) in [5.74, 6) is -2.73. The fourth-order valence-corrected chi connectivity index (χ4v) is 1.80. The second kappa shape index (κ2) is 5.66. The van der Waals surface area contributed by atoms with Crippen LogP contribution in [0, 0.1) is 21.7 Å². The van der Waals surface area contributed by atoms with Gasteiger partial charge in [0.15, 0.2) is 0 Å². The van der Waals surface area contributed by atoms with Crippen LogP contribution >= 0.6 is 0 Å². The van der Waals surface area contributed by atoms with Crippen LogP contribution < -0.4 is 0 Å². The quantitative estimate of drug-likeness (QED) is 0.494. The van der Waals surface area contributed by atoms with Crippen molar-refractivity contribution in [2.24, 2.45) is 0 Å². The summed E-state index contributed by atoms with van der Waals surface area (Å²) in [7, 11) is 1.22. The third-order valence-electron chi connectivity index (χ3n) is 2.85. The number of carbonyl (C=O) groups is 1. The Balaban J connectivity index is 2.49. The molecule has 0 amide bonds. The molecule has 0 N–H and O–H groups in total. The number of nitro benzene ring substituents is 1. The van der Waals surface area contributed by atoms with Crippen molar-refractivity contribution in [2.45, 2.75) is 0 Å². The van der Waals surface area contributed by atoms with Gasteiger partial charge < -0.3 is 4.74 Å². The van der Waals surface area contributed by atoms with Crippen LogP contribution in [0.25, 0.3) is 11.1 Å². The molecule has 2 rings (SSSR count). The van der Waals surface area contributed by atoms with Gasteiger partial charge in [0.2, 0.25) is 5.82 Å². The molecule has 0 unspecified atom stereocenters. The largest absolute Gasteiger partial charge is 0.465 e. The van der Waals surface area contributed by atoms with E-state index < -0.39 is 28.2 Å².